The second-order valence-electron chi connectivity index (χ2n) is 9.48. The molecule has 2 aliphatic heterocycles. The van der Waals surface area contributed by atoms with Gasteiger partial charge in [0.05, 0.1) is 5.56 Å². The van der Waals surface area contributed by atoms with E-state index in [9.17, 15) is 14.0 Å². The van der Waals surface area contributed by atoms with E-state index in [2.05, 4.69) is 15.5 Å². The Morgan fingerprint density at radius 1 is 1.12 bits per heavy atom. The molecule has 2 aromatic carbocycles. The van der Waals surface area contributed by atoms with Crippen LogP contribution in [0.2, 0.25) is 0 Å². The summed E-state index contributed by atoms with van der Waals surface area (Å²) in [6, 6.07) is 13.6. The standard InChI is InChI=1S/C25H30FN3O3/c1-24(2,3)32-22(30)20-7-5-4-6-17(20)16-21-28-23(31)25(12-14-27-15-13-25)29(21)19-10-8-18(26)9-11-19/h4-11,21,27H,12-16H2,1-3H3,(H,28,31). The number of nitrogens with zero attached hydrogens (tertiary/aromatic N) is 1. The molecule has 2 heterocycles. The number of rotatable bonds is 4. The van der Waals surface area contributed by atoms with Gasteiger partial charge in [-0.3, -0.25) is 4.79 Å². The van der Waals surface area contributed by atoms with Crippen LogP contribution in [0.5, 0.6) is 0 Å². The number of hydrogen-bond donors (Lipinski definition) is 2. The van der Waals surface area contributed by atoms with Crippen molar-refractivity contribution in [3.8, 4) is 0 Å². The SMILES string of the molecule is CC(C)(C)OC(=O)c1ccccc1CC1NC(=O)C2(CCNCC2)N1c1ccc(F)cc1. The Morgan fingerprint density at radius 3 is 2.44 bits per heavy atom. The largest absolute Gasteiger partial charge is 0.456 e. The fraction of sp³-hybridized carbons (Fsp3) is 0.440. The summed E-state index contributed by atoms with van der Waals surface area (Å²) < 4.78 is 19.2. The second kappa shape index (κ2) is 8.54. The minimum absolute atomic E-state index is 0.0249. The third-order valence-electron chi connectivity index (χ3n) is 6.08. The topological polar surface area (TPSA) is 70.7 Å². The molecular formula is C25H30FN3O3. The highest BCUT2D eigenvalue weighted by Crippen LogP contribution is 2.38. The van der Waals surface area contributed by atoms with Crippen molar-refractivity contribution in [1.82, 2.24) is 10.6 Å². The third-order valence-corrected chi connectivity index (χ3v) is 6.08. The van der Waals surface area contributed by atoms with Crippen molar-refractivity contribution < 1.29 is 18.7 Å². The Bertz CT molecular complexity index is 994. The Labute approximate surface area is 188 Å². The van der Waals surface area contributed by atoms with E-state index in [0.29, 0.717) is 24.8 Å². The lowest BCUT2D eigenvalue weighted by Gasteiger charge is -2.42. The number of nitrogens with one attached hydrogen (secondary N) is 2. The van der Waals surface area contributed by atoms with Gasteiger partial charge >= 0.3 is 5.97 Å². The average Bonchev–Trinajstić information content (AvgIpc) is 2.99. The van der Waals surface area contributed by atoms with Gasteiger partial charge < -0.3 is 20.3 Å². The highest BCUT2D eigenvalue weighted by molar-refractivity contribution is 5.95. The zero-order chi connectivity index (χ0) is 22.9. The van der Waals surface area contributed by atoms with Crippen LogP contribution in [0.4, 0.5) is 10.1 Å². The van der Waals surface area contributed by atoms with Crippen molar-refractivity contribution in [3.05, 3.63) is 65.5 Å². The van der Waals surface area contributed by atoms with Crippen LogP contribution in [0.3, 0.4) is 0 Å². The van der Waals surface area contributed by atoms with Gasteiger partial charge in [0.25, 0.3) is 0 Å². The van der Waals surface area contributed by atoms with Crippen molar-refractivity contribution >= 4 is 17.6 Å². The highest BCUT2D eigenvalue weighted by Gasteiger charge is 2.53. The van der Waals surface area contributed by atoms with Crippen LogP contribution in [-0.4, -0.2) is 42.3 Å². The summed E-state index contributed by atoms with van der Waals surface area (Å²) >= 11 is 0. The smallest absolute Gasteiger partial charge is 0.338 e. The molecule has 7 heteroatoms. The molecular weight excluding hydrogens is 409 g/mol. The molecule has 2 aromatic rings. The molecule has 1 spiro atoms. The molecule has 4 rings (SSSR count). The first-order chi connectivity index (χ1) is 15.2. The summed E-state index contributed by atoms with van der Waals surface area (Å²) in [5.41, 5.74) is 0.762. The average molecular weight is 440 g/mol. The molecule has 2 fully saturated rings. The lowest BCUT2D eigenvalue weighted by molar-refractivity contribution is -0.124. The maximum Gasteiger partial charge on any atom is 0.338 e. The molecule has 6 nitrogen and oxygen atoms in total. The molecule has 2 N–H and O–H groups in total. The number of piperidine rings is 1. The summed E-state index contributed by atoms with van der Waals surface area (Å²) in [6.07, 6.45) is 1.36. The van der Waals surface area contributed by atoms with E-state index in [1.165, 1.54) is 12.1 Å². The molecule has 1 unspecified atom stereocenters. The molecule has 0 saturated carbocycles. The number of amides is 1. The van der Waals surface area contributed by atoms with Crippen molar-refractivity contribution in [2.45, 2.75) is 57.3 Å². The first kappa shape index (κ1) is 22.3. The van der Waals surface area contributed by atoms with Crippen LogP contribution in [0.1, 0.15) is 49.5 Å². The summed E-state index contributed by atoms with van der Waals surface area (Å²) in [5, 5.41) is 6.47. The molecule has 1 atom stereocenters. The van der Waals surface area contributed by atoms with Crippen molar-refractivity contribution in [1.29, 1.82) is 0 Å². The lowest BCUT2D eigenvalue weighted by atomic mass is 9.86. The monoisotopic (exact) mass is 439 g/mol. The molecule has 2 aliphatic rings. The molecule has 1 amide bonds. The summed E-state index contributed by atoms with van der Waals surface area (Å²) in [4.78, 5) is 28.2. The summed E-state index contributed by atoms with van der Waals surface area (Å²) in [6.45, 7) is 6.96. The van der Waals surface area contributed by atoms with Gasteiger partial charge in [0, 0.05) is 12.1 Å². The quantitative estimate of drug-likeness (QED) is 0.715. The highest BCUT2D eigenvalue weighted by atomic mass is 19.1. The number of hydrogen-bond acceptors (Lipinski definition) is 5. The van der Waals surface area contributed by atoms with E-state index in [-0.39, 0.29) is 23.9 Å². The molecule has 0 aliphatic carbocycles. The van der Waals surface area contributed by atoms with E-state index in [0.717, 1.165) is 24.3 Å². The zero-order valence-corrected chi connectivity index (χ0v) is 18.8. The van der Waals surface area contributed by atoms with E-state index in [4.69, 9.17) is 4.74 Å². The van der Waals surface area contributed by atoms with Gasteiger partial charge in [-0.25, -0.2) is 9.18 Å². The van der Waals surface area contributed by atoms with Gasteiger partial charge in [-0.2, -0.15) is 0 Å². The van der Waals surface area contributed by atoms with Crippen LogP contribution < -0.4 is 15.5 Å². The van der Waals surface area contributed by atoms with Crippen molar-refractivity contribution in [3.63, 3.8) is 0 Å². The molecule has 0 radical (unpaired) electrons. The predicted octanol–water partition coefficient (Wildman–Crippen LogP) is 3.41. The number of ether oxygens (including phenoxy) is 1. The Hall–Kier alpha value is -2.93. The molecule has 32 heavy (non-hydrogen) atoms. The van der Waals surface area contributed by atoms with Crippen molar-refractivity contribution in [2.75, 3.05) is 18.0 Å². The van der Waals surface area contributed by atoms with Gasteiger partial charge in [0.1, 0.15) is 23.1 Å². The number of carbonyl (C=O) groups excluding carboxylic acids is 2. The van der Waals surface area contributed by atoms with Crippen LogP contribution in [0.15, 0.2) is 48.5 Å². The molecule has 2 saturated heterocycles. The maximum atomic E-state index is 13.6. The summed E-state index contributed by atoms with van der Waals surface area (Å²) in [5.74, 6) is -0.733. The zero-order valence-electron chi connectivity index (χ0n) is 18.8. The normalized spacial score (nSPS) is 20.3. The van der Waals surface area contributed by atoms with Gasteiger partial charge in [-0.1, -0.05) is 18.2 Å². The van der Waals surface area contributed by atoms with Crippen LogP contribution in [-0.2, 0) is 16.0 Å². The van der Waals surface area contributed by atoms with Crippen molar-refractivity contribution in [2.24, 2.45) is 0 Å². The predicted molar refractivity (Wildman–Crippen MR) is 121 cm³/mol. The van der Waals surface area contributed by atoms with E-state index in [1.54, 1.807) is 18.2 Å². The first-order valence-electron chi connectivity index (χ1n) is 11.1. The van der Waals surface area contributed by atoms with Gasteiger partial charge in [0.2, 0.25) is 5.91 Å². The number of halogens is 1. The van der Waals surface area contributed by atoms with Crippen LogP contribution in [0.25, 0.3) is 0 Å². The minimum atomic E-state index is -0.700. The Morgan fingerprint density at radius 2 is 1.78 bits per heavy atom. The number of carbonyl (C=O) groups is 2. The lowest BCUT2D eigenvalue weighted by Crippen LogP contribution is -2.57. The minimum Gasteiger partial charge on any atom is -0.456 e. The van der Waals surface area contributed by atoms with E-state index in [1.807, 2.05) is 39.0 Å². The summed E-state index contributed by atoms with van der Waals surface area (Å²) in [7, 11) is 0. The molecule has 0 aromatic heterocycles. The maximum absolute atomic E-state index is 13.6. The number of benzene rings is 2. The Balaban J connectivity index is 1.69. The van der Waals surface area contributed by atoms with Gasteiger partial charge in [-0.15, -0.1) is 0 Å². The number of anilines is 1. The van der Waals surface area contributed by atoms with E-state index < -0.39 is 11.1 Å². The van der Waals surface area contributed by atoms with Gasteiger partial charge in [-0.05, 0) is 82.6 Å². The fourth-order valence-electron chi connectivity index (χ4n) is 4.68. The van der Waals surface area contributed by atoms with Crippen LogP contribution in [0, 0.1) is 5.82 Å². The second-order valence-corrected chi connectivity index (χ2v) is 9.48. The fourth-order valence-corrected chi connectivity index (χ4v) is 4.68. The molecule has 0 bridgehead atoms. The van der Waals surface area contributed by atoms with Crippen LogP contribution >= 0.6 is 0 Å². The number of esters is 1. The first-order valence-corrected chi connectivity index (χ1v) is 11.1. The third kappa shape index (κ3) is 4.35. The van der Waals surface area contributed by atoms with Gasteiger partial charge in [0.15, 0.2) is 0 Å². The van der Waals surface area contributed by atoms with E-state index >= 15 is 0 Å². The molecule has 170 valence electrons. The Kier molecular flexibility index (Phi) is 5.95.